The normalized spacial score (nSPS) is 11.6. The number of rotatable bonds is 5. The number of anilines is 1. The summed E-state index contributed by atoms with van der Waals surface area (Å²) >= 11 is 0. The molecule has 1 aromatic carbocycles. The quantitative estimate of drug-likeness (QED) is 0.752. The molecule has 2 aromatic rings. The minimum atomic E-state index is -5.22. The number of amides is 2. The Morgan fingerprint density at radius 3 is 2.41 bits per heavy atom. The van der Waals surface area contributed by atoms with E-state index in [0.29, 0.717) is 11.3 Å². The molecule has 2 amide bonds. The molecule has 0 atom stereocenters. The van der Waals surface area contributed by atoms with Crippen LogP contribution in [-0.4, -0.2) is 30.8 Å². The summed E-state index contributed by atoms with van der Waals surface area (Å²) in [6.07, 6.45) is 2.11. The first-order chi connectivity index (χ1) is 12.4. The Bertz CT molecular complexity index is 971. The summed E-state index contributed by atoms with van der Waals surface area (Å²) in [4.78, 5) is 28.1. The highest BCUT2D eigenvalue weighted by Gasteiger charge is 2.16. The molecule has 2 N–H and O–H groups in total. The van der Waals surface area contributed by atoms with Crippen LogP contribution in [0.3, 0.4) is 0 Å². The molecule has 0 bridgehead atoms. The van der Waals surface area contributed by atoms with Crippen molar-refractivity contribution in [3.05, 3.63) is 53.9 Å². The largest absolute Gasteiger partial charge is 0.488 e. The molecule has 0 aliphatic rings. The van der Waals surface area contributed by atoms with Gasteiger partial charge in [0.05, 0.1) is 11.8 Å². The van der Waals surface area contributed by atoms with Gasteiger partial charge in [0, 0.05) is 23.0 Å². The van der Waals surface area contributed by atoms with Crippen molar-refractivity contribution in [3.63, 3.8) is 0 Å². The van der Waals surface area contributed by atoms with Crippen LogP contribution in [0.25, 0.3) is 0 Å². The van der Waals surface area contributed by atoms with E-state index in [2.05, 4.69) is 19.8 Å². The van der Waals surface area contributed by atoms with Crippen molar-refractivity contribution >= 4 is 28.0 Å². The molecule has 0 spiro atoms. The van der Waals surface area contributed by atoms with Gasteiger partial charge in [0.1, 0.15) is 0 Å². The van der Waals surface area contributed by atoms with Crippen molar-refractivity contribution in [3.8, 4) is 5.75 Å². The van der Waals surface area contributed by atoms with Gasteiger partial charge in [0.2, 0.25) is 0 Å². The van der Waals surface area contributed by atoms with Crippen LogP contribution >= 0.6 is 0 Å². The van der Waals surface area contributed by atoms with Gasteiger partial charge in [-0.15, -0.1) is 0 Å². The highest BCUT2D eigenvalue weighted by Crippen LogP contribution is 2.17. The number of benzene rings is 1. The van der Waals surface area contributed by atoms with E-state index in [4.69, 9.17) is 0 Å². The molecule has 10 heteroatoms. The smallest absolute Gasteiger partial charge is 0.357 e. The van der Waals surface area contributed by atoms with E-state index in [9.17, 15) is 21.9 Å². The number of nitrogens with one attached hydrogen (secondary N) is 2. The molecular weight excluding hydrogens is 377 g/mol. The van der Waals surface area contributed by atoms with Crippen LogP contribution < -0.4 is 14.8 Å². The van der Waals surface area contributed by atoms with Crippen molar-refractivity contribution in [2.75, 3.05) is 5.32 Å². The van der Waals surface area contributed by atoms with E-state index >= 15 is 0 Å². The second-order valence-electron chi connectivity index (χ2n) is 6.62. The van der Waals surface area contributed by atoms with E-state index < -0.39 is 27.7 Å². The van der Waals surface area contributed by atoms with Crippen LogP contribution in [0, 0.1) is 0 Å². The Labute approximate surface area is 156 Å². The zero-order valence-corrected chi connectivity index (χ0v) is 15.6. The molecule has 0 aliphatic carbocycles. The van der Waals surface area contributed by atoms with Crippen LogP contribution in [0.4, 0.5) is 9.57 Å². The molecule has 1 heterocycles. The summed E-state index contributed by atoms with van der Waals surface area (Å²) in [7, 11) is -5.22. The maximum atomic E-state index is 12.6. The lowest BCUT2D eigenvalue weighted by molar-refractivity contribution is 0.0918. The second kappa shape index (κ2) is 7.70. The topological polar surface area (TPSA) is 114 Å². The summed E-state index contributed by atoms with van der Waals surface area (Å²) in [5.74, 6) is -1.38. The lowest BCUT2D eigenvalue weighted by atomic mass is 10.1. The van der Waals surface area contributed by atoms with Crippen molar-refractivity contribution in [1.82, 2.24) is 10.3 Å². The summed E-state index contributed by atoms with van der Waals surface area (Å²) in [6, 6.07) is 7.28. The summed E-state index contributed by atoms with van der Waals surface area (Å²) in [5.41, 5.74) is 0.215. The minimum absolute atomic E-state index is 0.0549. The molecule has 2 rings (SSSR count). The molecule has 0 saturated heterocycles. The predicted octanol–water partition coefficient (Wildman–Crippen LogP) is 2.46. The number of aromatic nitrogens is 1. The van der Waals surface area contributed by atoms with Crippen molar-refractivity contribution in [2.45, 2.75) is 26.3 Å². The van der Waals surface area contributed by atoms with E-state index in [0.717, 1.165) is 18.5 Å². The van der Waals surface area contributed by atoms with Gasteiger partial charge < -0.3 is 14.8 Å². The van der Waals surface area contributed by atoms with Crippen LogP contribution in [-0.2, 0) is 10.5 Å². The van der Waals surface area contributed by atoms with Crippen LogP contribution in [0.5, 0.6) is 5.75 Å². The van der Waals surface area contributed by atoms with Crippen molar-refractivity contribution in [2.24, 2.45) is 0 Å². The molecule has 27 heavy (non-hydrogen) atoms. The van der Waals surface area contributed by atoms with E-state index in [1.807, 2.05) is 20.8 Å². The minimum Gasteiger partial charge on any atom is -0.357 e. The lowest BCUT2D eigenvalue weighted by Gasteiger charge is -2.20. The maximum absolute atomic E-state index is 12.6. The van der Waals surface area contributed by atoms with Crippen molar-refractivity contribution < 1.29 is 26.1 Å². The number of pyridine rings is 1. The Hall–Kier alpha value is -3.01. The Balaban J connectivity index is 2.16. The third-order valence-corrected chi connectivity index (χ3v) is 3.43. The number of nitrogens with zero attached hydrogens (tertiary/aromatic N) is 1. The fourth-order valence-electron chi connectivity index (χ4n) is 2.06. The SMILES string of the molecule is CC(C)(C)NC(=O)c1cccc(NC(=O)c2cncc(OS(=O)(=O)F)c2)c1. The molecule has 0 unspecified atom stereocenters. The van der Waals surface area contributed by atoms with Gasteiger partial charge in [0.25, 0.3) is 11.8 Å². The highest BCUT2D eigenvalue weighted by atomic mass is 32.3. The average Bonchev–Trinajstić information content (AvgIpc) is 2.52. The third kappa shape index (κ3) is 6.66. The maximum Gasteiger partial charge on any atom is 0.488 e. The van der Waals surface area contributed by atoms with E-state index in [1.54, 1.807) is 18.2 Å². The molecule has 0 radical (unpaired) electrons. The summed E-state index contributed by atoms with van der Waals surface area (Å²) in [5, 5.41) is 5.35. The zero-order chi connectivity index (χ0) is 20.2. The summed E-state index contributed by atoms with van der Waals surface area (Å²) in [6.45, 7) is 5.53. The average molecular weight is 395 g/mol. The molecule has 0 fully saturated rings. The molecule has 0 saturated carbocycles. The van der Waals surface area contributed by atoms with Crippen LogP contribution in [0.2, 0.25) is 0 Å². The standard InChI is InChI=1S/C17H18FN3O5S/c1-17(2,3)21-16(23)11-5-4-6-13(7-11)20-15(22)12-8-14(10-19-9-12)26-27(18,24)25/h4-10H,1-3H3,(H,20,22)(H,21,23). The molecule has 1 aromatic heterocycles. The van der Waals surface area contributed by atoms with Gasteiger partial charge in [-0.3, -0.25) is 14.6 Å². The Kier molecular flexibility index (Phi) is 5.79. The van der Waals surface area contributed by atoms with E-state index in [1.165, 1.54) is 6.07 Å². The number of carbonyl (C=O) groups excluding carboxylic acids is 2. The number of halogens is 1. The Morgan fingerprint density at radius 2 is 1.78 bits per heavy atom. The monoisotopic (exact) mass is 395 g/mol. The van der Waals surface area contributed by atoms with Gasteiger partial charge in [-0.1, -0.05) is 9.95 Å². The molecule has 8 nitrogen and oxygen atoms in total. The fraction of sp³-hybridized carbons (Fsp3) is 0.235. The zero-order valence-electron chi connectivity index (χ0n) is 14.8. The van der Waals surface area contributed by atoms with Gasteiger partial charge in [-0.25, -0.2) is 0 Å². The second-order valence-corrected chi connectivity index (χ2v) is 7.58. The first-order valence-electron chi connectivity index (χ1n) is 7.76. The van der Waals surface area contributed by atoms with Gasteiger partial charge in [-0.2, -0.15) is 8.42 Å². The predicted molar refractivity (Wildman–Crippen MR) is 96.5 cm³/mol. The number of hydrogen-bond donors (Lipinski definition) is 2. The lowest BCUT2D eigenvalue weighted by Crippen LogP contribution is -2.40. The Morgan fingerprint density at radius 1 is 1.07 bits per heavy atom. The molecule has 0 aliphatic heterocycles. The fourth-order valence-corrected chi connectivity index (χ4v) is 2.38. The van der Waals surface area contributed by atoms with Gasteiger partial charge in [0.15, 0.2) is 5.75 Å². The van der Waals surface area contributed by atoms with Gasteiger partial charge in [-0.05, 0) is 45.0 Å². The van der Waals surface area contributed by atoms with Crippen LogP contribution in [0.1, 0.15) is 41.5 Å². The highest BCUT2D eigenvalue weighted by molar-refractivity contribution is 7.81. The van der Waals surface area contributed by atoms with Crippen molar-refractivity contribution in [1.29, 1.82) is 0 Å². The number of hydrogen-bond acceptors (Lipinski definition) is 6. The first kappa shape index (κ1) is 20.3. The first-order valence-corrected chi connectivity index (χ1v) is 9.07. The van der Waals surface area contributed by atoms with Crippen LogP contribution in [0.15, 0.2) is 42.7 Å². The molecule has 144 valence electrons. The summed E-state index contributed by atoms with van der Waals surface area (Å²) < 4.78 is 37.7. The third-order valence-electron chi connectivity index (χ3n) is 3.04. The van der Waals surface area contributed by atoms with Gasteiger partial charge >= 0.3 is 10.5 Å². The molecular formula is C17H18FN3O5S. The van der Waals surface area contributed by atoms with E-state index in [-0.39, 0.29) is 11.5 Å². The number of carbonyl (C=O) groups is 2.